The highest BCUT2D eigenvalue weighted by molar-refractivity contribution is 7.19. The average molecular weight is 344 g/mol. The van der Waals surface area contributed by atoms with Gasteiger partial charge in [0.2, 0.25) is 0 Å². The largest absolute Gasteiger partial charge is 0.481 e. The number of carboxylic acids is 1. The molecule has 116 valence electrons. The topological polar surface area (TPSA) is 50.2 Å². The number of hydrogen-bond donors (Lipinski definition) is 1. The van der Waals surface area contributed by atoms with Crippen LogP contribution in [0.15, 0.2) is 48.5 Å². The molecule has 0 aliphatic heterocycles. The second-order valence-electron chi connectivity index (χ2n) is 5.07. The maximum absolute atomic E-state index is 11.0. The summed E-state index contributed by atoms with van der Waals surface area (Å²) in [6, 6.07) is 15.4. The first-order valence-electron chi connectivity index (χ1n) is 7.16. The third kappa shape index (κ3) is 3.78. The lowest BCUT2D eigenvalue weighted by Crippen LogP contribution is -1.95. The van der Waals surface area contributed by atoms with Crippen LogP contribution in [0.5, 0.6) is 0 Å². The predicted molar refractivity (Wildman–Crippen MR) is 95.8 cm³/mol. The van der Waals surface area contributed by atoms with Gasteiger partial charge < -0.3 is 5.11 Å². The van der Waals surface area contributed by atoms with Crippen LogP contribution in [0, 0.1) is 0 Å². The zero-order valence-electron chi connectivity index (χ0n) is 12.2. The minimum absolute atomic E-state index is 0.0617. The number of allylic oxidation sites excluding steroid dienone is 1. The first-order valence-corrected chi connectivity index (χ1v) is 8.36. The fourth-order valence-corrected chi connectivity index (χ4v) is 3.47. The fraction of sp³-hybridized carbons (Fsp3) is 0.111. The molecule has 2 aromatic carbocycles. The van der Waals surface area contributed by atoms with Gasteiger partial charge >= 0.3 is 5.97 Å². The summed E-state index contributed by atoms with van der Waals surface area (Å²) in [6.07, 6.45) is 2.41. The molecule has 0 fully saturated rings. The zero-order chi connectivity index (χ0) is 16.2. The Labute approximate surface area is 142 Å². The summed E-state index contributed by atoms with van der Waals surface area (Å²) in [4.78, 5) is 15.6. The standard InChI is InChI=1S/C18H14ClNO2S/c19-14-6-2-1-5-12(14)11-13(9-10-17(21)22)18-20-15-7-3-4-8-16(15)23-18/h1-8,11H,9-10H2,(H,21,22)/b13-11+. The number of fused-ring (bicyclic) bond motifs is 1. The monoisotopic (exact) mass is 343 g/mol. The van der Waals surface area contributed by atoms with E-state index in [2.05, 4.69) is 4.98 Å². The summed E-state index contributed by atoms with van der Waals surface area (Å²) in [7, 11) is 0. The van der Waals surface area contributed by atoms with Crippen LogP contribution in [0.3, 0.4) is 0 Å². The van der Waals surface area contributed by atoms with Gasteiger partial charge in [0, 0.05) is 11.4 Å². The van der Waals surface area contributed by atoms with E-state index in [9.17, 15) is 4.79 Å². The molecule has 0 saturated heterocycles. The van der Waals surface area contributed by atoms with E-state index in [0.717, 1.165) is 26.4 Å². The Hall–Kier alpha value is -2.17. The van der Waals surface area contributed by atoms with Crippen molar-refractivity contribution in [3.8, 4) is 0 Å². The molecule has 3 nitrogen and oxygen atoms in total. The summed E-state index contributed by atoms with van der Waals surface area (Å²) in [5.74, 6) is -0.823. The Kier molecular flexibility index (Phi) is 4.74. The number of benzene rings is 2. The molecule has 0 unspecified atom stereocenters. The van der Waals surface area contributed by atoms with Gasteiger partial charge in [-0.25, -0.2) is 4.98 Å². The number of carbonyl (C=O) groups is 1. The van der Waals surface area contributed by atoms with E-state index in [-0.39, 0.29) is 6.42 Å². The molecule has 3 rings (SSSR count). The molecular formula is C18H14ClNO2S. The maximum Gasteiger partial charge on any atom is 0.303 e. The van der Waals surface area contributed by atoms with Crippen molar-refractivity contribution in [2.75, 3.05) is 0 Å². The van der Waals surface area contributed by atoms with Crippen molar-refractivity contribution in [1.82, 2.24) is 4.98 Å². The van der Waals surface area contributed by atoms with Crippen molar-refractivity contribution < 1.29 is 9.90 Å². The summed E-state index contributed by atoms with van der Waals surface area (Å²) in [6.45, 7) is 0. The minimum Gasteiger partial charge on any atom is -0.481 e. The highest BCUT2D eigenvalue weighted by atomic mass is 35.5. The number of halogens is 1. The molecule has 0 radical (unpaired) electrons. The number of nitrogens with zero attached hydrogens (tertiary/aromatic N) is 1. The number of hydrogen-bond acceptors (Lipinski definition) is 3. The van der Waals surface area contributed by atoms with Crippen molar-refractivity contribution >= 4 is 50.8 Å². The first-order chi connectivity index (χ1) is 11.1. The van der Waals surface area contributed by atoms with Crippen molar-refractivity contribution in [3.05, 3.63) is 64.1 Å². The molecule has 0 saturated carbocycles. The van der Waals surface area contributed by atoms with Crippen LogP contribution in [0.25, 0.3) is 21.9 Å². The molecule has 3 aromatic rings. The molecule has 1 N–H and O–H groups in total. The van der Waals surface area contributed by atoms with Crippen molar-refractivity contribution in [1.29, 1.82) is 0 Å². The Morgan fingerprint density at radius 1 is 1.13 bits per heavy atom. The fourth-order valence-electron chi connectivity index (χ4n) is 2.27. The van der Waals surface area contributed by atoms with Crippen molar-refractivity contribution in [2.45, 2.75) is 12.8 Å². The second-order valence-corrected chi connectivity index (χ2v) is 6.51. The number of rotatable bonds is 5. The molecule has 0 atom stereocenters. The van der Waals surface area contributed by atoms with E-state index < -0.39 is 5.97 Å². The van der Waals surface area contributed by atoms with E-state index in [4.69, 9.17) is 16.7 Å². The molecule has 0 bridgehead atoms. The van der Waals surface area contributed by atoms with Crippen LogP contribution >= 0.6 is 22.9 Å². The number of carboxylic acid groups (broad SMARTS) is 1. The summed E-state index contributed by atoms with van der Waals surface area (Å²) < 4.78 is 1.09. The molecule has 0 amide bonds. The molecular weight excluding hydrogens is 330 g/mol. The lowest BCUT2D eigenvalue weighted by atomic mass is 10.1. The number of aromatic nitrogens is 1. The lowest BCUT2D eigenvalue weighted by Gasteiger charge is -2.04. The van der Waals surface area contributed by atoms with Gasteiger partial charge in [-0.3, -0.25) is 4.79 Å². The number of aliphatic carboxylic acids is 1. The summed E-state index contributed by atoms with van der Waals surface area (Å²) >= 11 is 7.79. The van der Waals surface area contributed by atoms with E-state index >= 15 is 0 Å². The van der Waals surface area contributed by atoms with Gasteiger partial charge in [-0.1, -0.05) is 41.9 Å². The van der Waals surface area contributed by atoms with Crippen LogP contribution in [0.1, 0.15) is 23.4 Å². The number of thiazole rings is 1. The SMILES string of the molecule is O=C(O)CC/C(=C\c1ccccc1Cl)c1nc2ccccc2s1. The molecule has 1 heterocycles. The third-order valence-corrected chi connectivity index (χ3v) is 4.87. The Morgan fingerprint density at radius 3 is 2.61 bits per heavy atom. The summed E-state index contributed by atoms with van der Waals surface area (Å²) in [5.41, 5.74) is 2.68. The second kappa shape index (κ2) is 6.94. The van der Waals surface area contributed by atoms with Gasteiger partial charge in [-0.15, -0.1) is 11.3 Å². The summed E-state index contributed by atoms with van der Waals surface area (Å²) in [5, 5.41) is 10.5. The predicted octanol–water partition coefficient (Wildman–Crippen LogP) is 5.36. The normalized spacial score (nSPS) is 11.8. The van der Waals surface area contributed by atoms with E-state index in [1.807, 2.05) is 54.6 Å². The average Bonchev–Trinajstić information content (AvgIpc) is 2.96. The van der Waals surface area contributed by atoms with Crippen LogP contribution in [0.2, 0.25) is 5.02 Å². The molecule has 0 aliphatic carbocycles. The first kappa shape index (κ1) is 15.7. The Bertz CT molecular complexity index is 852. The van der Waals surface area contributed by atoms with Gasteiger partial charge in [0.25, 0.3) is 0 Å². The molecule has 0 spiro atoms. The van der Waals surface area contributed by atoms with Crippen molar-refractivity contribution in [2.24, 2.45) is 0 Å². The minimum atomic E-state index is -0.823. The quantitative estimate of drug-likeness (QED) is 0.678. The van der Waals surface area contributed by atoms with Crippen LogP contribution in [0.4, 0.5) is 0 Å². The Morgan fingerprint density at radius 2 is 1.87 bits per heavy atom. The van der Waals surface area contributed by atoms with Crippen LogP contribution in [-0.2, 0) is 4.79 Å². The van der Waals surface area contributed by atoms with Gasteiger partial charge in [0.15, 0.2) is 0 Å². The third-order valence-electron chi connectivity index (χ3n) is 3.41. The van der Waals surface area contributed by atoms with Crippen LogP contribution in [-0.4, -0.2) is 16.1 Å². The smallest absolute Gasteiger partial charge is 0.303 e. The van der Waals surface area contributed by atoms with Crippen molar-refractivity contribution in [3.63, 3.8) is 0 Å². The van der Waals surface area contributed by atoms with E-state index in [1.54, 1.807) is 11.3 Å². The zero-order valence-corrected chi connectivity index (χ0v) is 13.8. The molecule has 23 heavy (non-hydrogen) atoms. The van der Waals surface area contributed by atoms with E-state index in [1.165, 1.54) is 0 Å². The number of para-hydroxylation sites is 1. The highest BCUT2D eigenvalue weighted by Crippen LogP contribution is 2.32. The highest BCUT2D eigenvalue weighted by Gasteiger charge is 2.11. The van der Waals surface area contributed by atoms with Gasteiger partial charge in [-0.05, 0) is 41.8 Å². The molecule has 0 aliphatic rings. The Balaban J connectivity index is 2.04. The molecule has 1 aromatic heterocycles. The van der Waals surface area contributed by atoms with Gasteiger partial charge in [-0.2, -0.15) is 0 Å². The van der Waals surface area contributed by atoms with E-state index in [0.29, 0.717) is 11.4 Å². The molecule has 5 heteroatoms. The van der Waals surface area contributed by atoms with Gasteiger partial charge in [0.05, 0.1) is 10.2 Å². The lowest BCUT2D eigenvalue weighted by molar-refractivity contribution is -0.136. The maximum atomic E-state index is 11.0. The van der Waals surface area contributed by atoms with Crippen LogP contribution < -0.4 is 0 Å². The van der Waals surface area contributed by atoms with Gasteiger partial charge in [0.1, 0.15) is 5.01 Å².